The highest BCUT2D eigenvalue weighted by molar-refractivity contribution is 9.10. The Bertz CT molecular complexity index is 533. The molecule has 0 amide bonds. The lowest BCUT2D eigenvalue weighted by Crippen LogP contribution is -2.11. The van der Waals surface area contributed by atoms with E-state index in [0.29, 0.717) is 5.92 Å². The lowest BCUT2D eigenvalue weighted by atomic mass is 10.1. The second-order valence-electron chi connectivity index (χ2n) is 4.54. The van der Waals surface area contributed by atoms with Gasteiger partial charge in [-0.15, -0.1) is 15.0 Å². The zero-order chi connectivity index (χ0) is 12.4. The molecule has 0 saturated carbocycles. The van der Waals surface area contributed by atoms with E-state index < -0.39 is 0 Å². The largest absolute Gasteiger partial charge is 0.316 e. The Morgan fingerprint density at radius 3 is 3.17 bits per heavy atom. The van der Waals surface area contributed by atoms with Gasteiger partial charge in [0.05, 0.1) is 5.69 Å². The van der Waals surface area contributed by atoms with Crippen molar-refractivity contribution in [2.24, 2.45) is 5.92 Å². The summed E-state index contributed by atoms with van der Waals surface area (Å²) < 4.78 is 1.01. The van der Waals surface area contributed by atoms with Crippen LogP contribution in [0.15, 0.2) is 28.7 Å². The van der Waals surface area contributed by atoms with E-state index in [1.807, 2.05) is 24.3 Å². The summed E-state index contributed by atoms with van der Waals surface area (Å²) in [6.07, 6.45) is 2.10. The molecular weight excluding hydrogens is 294 g/mol. The van der Waals surface area contributed by atoms with Gasteiger partial charge < -0.3 is 5.32 Å². The SMILES string of the molecule is Brc1cccc(-n2nnc(CC3CCNC3)n2)c1. The molecule has 6 heteroatoms. The van der Waals surface area contributed by atoms with Crippen LogP contribution >= 0.6 is 15.9 Å². The molecule has 1 unspecified atom stereocenters. The van der Waals surface area contributed by atoms with Crippen LogP contribution in [0.25, 0.3) is 5.69 Å². The molecule has 0 bridgehead atoms. The van der Waals surface area contributed by atoms with Crippen LogP contribution in [0.4, 0.5) is 0 Å². The van der Waals surface area contributed by atoms with Gasteiger partial charge in [0.25, 0.3) is 0 Å². The van der Waals surface area contributed by atoms with E-state index in [1.54, 1.807) is 4.80 Å². The predicted molar refractivity (Wildman–Crippen MR) is 71.5 cm³/mol. The van der Waals surface area contributed by atoms with Gasteiger partial charge >= 0.3 is 0 Å². The van der Waals surface area contributed by atoms with Crippen molar-refractivity contribution >= 4 is 15.9 Å². The number of halogens is 1. The molecule has 3 rings (SSSR count). The zero-order valence-corrected chi connectivity index (χ0v) is 11.5. The molecule has 1 N–H and O–H groups in total. The molecule has 0 spiro atoms. The van der Waals surface area contributed by atoms with Gasteiger partial charge in [-0.05, 0) is 48.8 Å². The molecule has 1 aliphatic heterocycles. The third kappa shape index (κ3) is 2.59. The Kier molecular flexibility index (Phi) is 3.38. The Balaban J connectivity index is 1.76. The summed E-state index contributed by atoms with van der Waals surface area (Å²) in [4.78, 5) is 1.59. The number of nitrogens with zero attached hydrogens (tertiary/aromatic N) is 4. The Hall–Kier alpha value is -1.27. The first-order chi connectivity index (χ1) is 8.81. The average Bonchev–Trinajstić information content (AvgIpc) is 3.01. The molecule has 1 aliphatic rings. The molecule has 1 fully saturated rings. The van der Waals surface area contributed by atoms with Gasteiger partial charge in [-0.1, -0.05) is 22.0 Å². The first kappa shape index (κ1) is 11.8. The summed E-state index contributed by atoms with van der Waals surface area (Å²) in [7, 11) is 0. The van der Waals surface area contributed by atoms with E-state index in [2.05, 4.69) is 36.7 Å². The molecule has 1 aromatic carbocycles. The highest BCUT2D eigenvalue weighted by atomic mass is 79.9. The number of benzene rings is 1. The minimum absolute atomic E-state index is 0.644. The van der Waals surface area contributed by atoms with Crippen molar-refractivity contribution in [2.75, 3.05) is 13.1 Å². The van der Waals surface area contributed by atoms with Gasteiger partial charge in [-0.3, -0.25) is 0 Å². The van der Waals surface area contributed by atoms with Crippen molar-refractivity contribution in [3.8, 4) is 5.69 Å². The molecule has 0 aliphatic carbocycles. The summed E-state index contributed by atoms with van der Waals surface area (Å²) >= 11 is 3.44. The Morgan fingerprint density at radius 2 is 2.39 bits per heavy atom. The van der Waals surface area contributed by atoms with Gasteiger partial charge in [-0.25, -0.2) is 0 Å². The van der Waals surface area contributed by atoms with Gasteiger partial charge in [-0.2, -0.15) is 0 Å². The van der Waals surface area contributed by atoms with E-state index in [1.165, 1.54) is 6.42 Å². The van der Waals surface area contributed by atoms with Crippen LogP contribution in [0, 0.1) is 5.92 Å². The monoisotopic (exact) mass is 307 g/mol. The number of nitrogens with one attached hydrogen (secondary N) is 1. The molecule has 1 saturated heterocycles. The van der Waals surface area contributed by atoms with Gasteiger partial charge in [0, 0.05) is 10.9 Å². The molecule has 5 nitrogen and oxygen atoms in total. The minimum Gasteiger partial charge on any atom is -0.316 e. The molecular formula is C12H14BrN5. The summed E-state index contributed by atoms with van der Waals surface area (Å²) in [6.45, 7) is 2.16. The molecule has 2 heterocycles. The number of rotatable bonds is 3. The van der Waals surface area contributed by atoms with E-state index >= 15 is 0 Å². The molecule has 94 valence electrons. The van der Waals surface area contributed by atoms with Gasteiger partial charge in [0.1, 0.15) is 0 Å². The van der Waals surface area contributed by atoms with E-state index in [-0.39, 0.29) is 0 Å². The standard InChI is InChI=1S/C12H14BrN5/c13-10-2-1-3-11(7-10)18-16-12(15-17-18)6-9-4-5-14-8-9/h1-3,7,9,14H,4-6,8H2. The van der Waals surface area contributed by atoms with Crippen LogP contribution in [0.1, 0.15) is 12.2 Å². The van der Waals surface area contributed by atoms with Crippen LogP contribution in [0.3, 0.4) is 0 Å². The van der Waals surface area contributed by atoms with Gasteiger partial charge in [0.2, 0.25) is 0 Å². The molecule has 2 aromatic rings. The Morgan fingerprint density at radius 1 is 1.44 bits per heavy atom. The number of aromatic nitrogens is 4. The van der Waals surface area contributed by atoms with Crippen molar-refractivity contribution in [2.45, 2.75) is 12.8 Å². The highest BCUT2D eigenvalue weighted by Gasteiger charge is 2.17. The van der Waals surface area contributed by atoms with Crippen LogP contribution in [0.2, 0.25) is 0 Å². The second-order valence-corrected chi connectivity index (χ2v) is 5.45. The topological polar surface area (TPSA) is 55.6 Å². The smallest absolute Gasteiger partial charge is 0.175 e. The Labute approximate surface area is 114 Å². The lowest BCUT2D eigenvalue weighted by Gasteiger charge is -2.02. The van der Waals surface area contributed by atoms with Crippen LogP contribution in [-0.4, -0.2) is 33.3 Å². The molecule has 18 heavy (non-hydrogen) atoms. The van der Waals surface area contributed by atoms with E-state index in [4.69, 9.17) is 0 Å². The maximum Gasteiger partial charge on any atom is 0.175 e. The zero-order valence-electron chi connectivity index (χ0n) is 9.88. The van der Waals surface area contributed by atoms with Crippen molar-refractivity contribution in [3.05, 3.63) is 34.6 Å². The fraction of sp³-hybridized carbons (Fsp3) is 0.417. The number of hydrogen-bond donors (Lipinski definition) is 1. The van der Waals surface area contributed by atoms with Gasteiger partial charge in [0.15, 0.2) is 5.82 Å². The van der Waals surface area contributed by atoms with E-state index in [0.717, 1.165) is 35.5 Å². The average molecular weight is 308 g/mol. The summed E-state index contributed by atoms with van der Waals surface area (Å²) in [5.74, 6) is 1.47. The highest BCUT2D eigenvalue weighted by Crippen LogP contribution is 2.15. The molecule has 1 aromatic heterocycles. The quantitative estimate of drug-likeness (QED) is 0.935. The summed E-state index contributed by atoms with van der Waals surface area (Å²) in [5, 5.41) is 16.0. The fourth-order valence-corrected chi connectivity index (χ4v) is 2.57. The minimum atomic E-state index is 0.644. The van der Waals surface area contributed by atoms with Crippen LogP contribution in [0.5, 0.6) is 0 Å². The maximum absolute atomic E-state index is 4.43. The third-order valence-corrected chi connectivity index (χ3v) is 3.62. The maximum atomic E-state index is 4.43. The molecule has 0 radical (unpaired) electrons. The summed E-state index contributed by atoms with van der Waals surface area (Å²) in [5.41, 5.74) is 0.924. The van der Waals surface area contributed by atoms with Crippen LogP contribution in [-0.2, 0) is 6.42 Å². The van der Waals surface area contributed by atoms with Crippen LogP contribution < -0.4 is 5.32 Å². The number of hydrogen-bond acceptors (Lipinski definition) is 4. The molecule has 1 atom stereocenters. The van der Waals surface area contributed by atoms with Crippen molar-refractivity contribution in [1.82, 2.24) is 25.5 Å². The third-order valence-electron chi connectivity index (χ3n) is 3.13. The predicted octanol–water partition coefficient (Wildman–Crippen LogP) is 1.58. The normalized spacial score (nSPS) is 19.3. The van der Waals surface area contributed by atoms with Crippen molar-refractivity contribution in [3.63, 3.8) is 0 Å². The van der Waals surface area contributed by atoms with Crippen molar-refractivity contribution in [1.29, 1.82) is 0 Å². The number of tetrazole rings is 1. The van der Waals surface area contributed by atoms with Crippen molar-refractivity contribution < 1.29 is 0 Å². The second kappa shape index (κ2) is 5.16. The first-order valence-corrected chi connectivity index (χ1v) is 6.86. The first-order valence-electron chi connectivity index (χ1n) is 6.07. The fourth-order valence-electron chi connectivity index (χ4n) is 2.18. The summed E-state index contributed by atoms with van der Waals surface area (Å²) in [6, 6.07) is 7.88. The van der Waals surface area contributed by atoms with E-state index in [9.17, 15) is 0 Å². The lowest BCUT2D eigenvalue weighted by molar-refractivity contribution is 0.560.